The van der Waals surface area contributed by atoms with E-state index in [1.807, 2.05) is 6.92 Å². The highest BCUT2D eigenvalue weighted by Crippen LogP contribution is 2.14. The summed E-state index contributed by atoms with van der Waals surface area (Å²) in [7, 11) is 0. The molecule has 0 aliphatic rings. The van der Waals surface area contributed by atoms with Crippen LogP contribution < -0.4 is 0 Å². The third-order valence-electron chi connectivity index (χ3n) is 2.89. The fourth-order valence-electron chi connectivity index (χ4n) is 1.82. The van der Waals surface area contributed by atoms with E-state index in [2.05, 4.69) is 6.92 Å². The third-order valence-corrected chi connectivity index (χ3v) is 2.89. The van der Waals surface area contributed by atoms with Gasteiger partial charge in [-0.2, -0.15) is 0 Å². The maximum atomic E-state index is 10.8. The molecule has 0 fully saturated rings. The molecule has 0 saturated carbocycles. The number of aldehydes is 1. The number of unbranched alkanes of at least 4 members (excludes halogenated alkanes) is 5. The van der Waals surface area contributed by atoms with Crippen molar-refractivity contribution in [2.45, 2.75) is 64.9 Å². The topological polar surface area (TPSA) is 37.3 Å². The Morgan fingerprint density at radius 1 is 1.12 bits per heavy atom. The summed E-state index contributed by atoms with van der Waals surface area (Å²) in [6.07, 6.45) is 11.9. The maximum absolute atomic E-state index is 10.8. The van der Waals surface area contributed by atoms with E-state index in [-0.39, 0.29) is 5.92 Å². The van der Waals surface area contributed by atoms with Crippen molar-refractivity contribution in [2.75, 3.05) is 0 Å². The quantitative estimate of drug-likeness (QED) is 0.352. The first-order valence-electron chi connectivity index (χ1n) is 6.52. The standard InChI is InChI=1S/C14H26O2/c1-3-5-6-7-8-9-11-13(12-15)14(16)10-4-2/h4,10,12-14,16H,3,5-9,11H2,1-2H3/b10-4+/t13-,14+/m0/s1. The molecule has 0 unspecified atom stereocenters. The summed E-state index contributed by atoms with van der Waals surface area (Å²) < 4.78 is 0. The van der Waals surface area contributed by atoms with E-state index in [9.17, 15) is 9.90 Å². The molecule has 0 bridgehead atoms. The summed E-state index contributed by atoms with van der Waals surface area (Å²) in [5, 5.41) is 9.63. The molecule has 0 aliphatic heterocycles. The Morgan fingerprint density at radius 3 is 2.31 bits per heavy atom. The molecule has 16 heavy (non-hydrogen) atoms. The van der Waals surface area contributed by atoms with E-state index >= 15 is 0 Å². The molecule has 94 valence electrons. The lowest BCUT2D eigenvalue weighted by molar-refractivity contribution is -0.113. The Bertz CT molecular complexity index is 187. The van der Waals surface area contributed by atoms with Crippen LogP contribution in [0.5, 0.6) is 0 Å². The van der Waals surface area contributed by atoms with Gasteiger partial charge in [0.25, 0.3) is 0 Å². The number of hydrogen-bond donors (Lipinski definition) is 1. The van der Waals surface area contributed by atoms with E-state index in [4.69, 9.17) is 0 Å². The number of aliphatic hydroxyl groups is 1. The predicted molar refractivity (Wildman–Crippen MR) is 68.4 cm³/mol. The van der Waals surface area contributed by atoms with Crippen LogP contribution in [0.2, 0.25) is 0 Å². The number of hydrogen-bond acceptors (Lipinski definition) is 2. The van der Waals surface area contributed by atoms with Gasteiger partial charge in [-0.25, -0.2) is 0 Å². The Morgan fingerprint density at radius 2 is 1.75 bits per heavy atom. The smallest absolute Gasteiger partial charge is 0.125 e. The molecule has 0 aliphatic carbocycles. The number of carbonyl (C=O) groups excluding carboxylic acids is 1. The normalized spacial score (nSPS) is 15.2. The minimum Gasteiger partial charge on any atom is -0.388 e. The highest BCUT2D eigenvalue weighted by atomic mass is 16.3. The van der Waals surface area contributed by atoms with Crippen molar-refractivity contribution in [2.24, 2.45) is 5.92 Å². The lowest BCUT2D eigenvalue weighted by Gasteiger charge is -2.13. The van der Waals surface area contributed by atoms with Crippen LogP contribution in [0.25, 0.3) is 0 Å². The van der Waals surface area contributed by atoms with Crippen molar-refractivity contribution in [3.05, 3.63) is 12.2 Å². The minimum atomic E-state index is -0.599. The van der Waals surface area contributed by atoms with Gasteiger partial charge < -0.3 is 9.90 Å². The van der Waals surface area contributed by atoms with Gasteiger partial charge in [0.2, 0.25) is 0 Å². The first-order chi connectivity index (χ1) is 7.76. The molecule has 0 spiro atoms. The molecule has 0 saturated heterocycles. The molecule has 1 N–H and O–H groups in total. The first kappa shape index (κ1) is 15.4. The summed E-state index contributed by atoms with van der Waals surface area (Å²) in [4.78, 5) is 10.8. The average Bonchev–Trinajstić information content (AvgIpc) is 2.28. The molecule has 0 aromatic heterocycles. The van der Waals surface area contributed by atoms with Gasteiger partial charge >= 0.3 is 0 Å². The number of allylic oxidation sites excluding steroid dienone is 1. The van der Waals surface area contributed by atoms with Crippen LogP contribution in [0.3, 0.4) is 0 Å². The zero-order valence-electron chi connectivity index (χ0n) is 10.7. The second-order valence-corrected chi connectivity index (χ2v) is 4.37. The van der Waals surface area contributed by atoms with Crippen LogP contribution in [0.4, 0.5) is 0 Å². The molecule has 0 aromatic rings. The predicted octanol–water partition coefficient (Wildman–Crippen LogP) is 3.49. The summed E-state index contributed by atoms with van der Waals surface area (Å²) in [6.45, 7) is 4.06. The fourth-order valence-corrected chi connectivity index (χ4v) is 1.82. The second-order valence-electron chi connectivity index (χ2n) is 4.37. The van der Waals surface area contributed by atoms with Crippen molar-refractivity contribution in [3.8, 4) is 0 Å². The van der Waals surface area contributed by atoms with Gasteiger partial charge in [0, 0.05) is 5.92 Å². The lowest BCUT2D eigenvalue weighted by Crippen LogP contribution is -2.19. The van der Waals surface area contributed by atoms with E-state index in [0.29, 0.717) is 0 Å². The average molecular weight is 226 g/mol. The Balaban J connectivity index is 3.59. The van der Waals surface area contributed by atoms with Crippen LogP contribution >= 0.6 is 0 Å². The number of aliphatic hydroxyl groups excluding tert-OH is 1. The minimum absolute atomic E-state index is 0.220. The summed E-state index contributed by atoms with van der Waals surface area (Å²) in [5.41, 5.74) is 0. The fraction of sp³-hybridized carbons (Fsp3) is 0.786. The second kappa shape index (κ2) is 10.9. The lowest BCUT2D eigenvalue weighted by atomic mass is 9.96. The van der Waals surface area contributed by atoms with Gasteiger partial charge in [0.05, 0.1) is 6.10 Å². The molecule has 0 aromatic carbocycles. The van der Waals surface area contributed by atoms with Crippen molar-refractivity contribution < 1.29 is 9.90 Å². The van der Waals surface area contributed by atoms with E-state index in [1.165, 1.54) is 32.1 Å². The monoisotopic (exact) mass is 226 g/mol. The van der Waals surface area contributed by atoms with Gasteiger partial charge in [0.1, 0.15) is 6.29 Å². The van der Waals surface area contributed by atoms with Gasteiger partial charge in [-0.1, -0.05) is 57.6 Å². The van der Waals surface area contributed by atoms with Crippen LogP contribution in [-0.2, 0) is 4.79 Å². The first-order valence-corrected chi connectivity index (χ1v) is 6.52. The van der Waals surface area contributed by atoms with Gasteiger partial charge in [-0.05, 0) is 13.3 Å². The van der Waals surface area contributed by atoms with Crippen molar-refractivity contribution in [1.29, 1.82) is 0 Å². The van der Waals surface area contributed by atoms with Crippen LogP contribution in [-0.4, -0.2) is 17.5 Å². The third kappa shape index (κ3) is 7.63. The molecule has 0 heterocycles. The molecule has 0 amide bonds. The highest BCUT2D eigenvalue weighted by Gasteiger charge is 2.14. The zero-order valence-corrected chi connectivity index (χ0v) is 10.7. The molecule has 2 heteroatoms. The maximum Gasteiger partial charge on any atom is 0.125 e. The van der Waals surface area contributed by atoms with Gasteiger partial charge in [0.15, 0.2) is 0 Å². The zero-order chi connectivity index (χ0) is 12.2. The van der Waals surface area contributed by atoms with Gasteiger partial charge in [-0.15, -0.1) is 0 Å². The molecule has 2 nitrogen and oxygen atoms in total. The highest BCUT2D eigenvalue weighted by molar-refractivity contribution is 5.55. The molecule has 0 radical (unpaired) electrons. The van der Waals surface area contributed by atoms with E-state index in [1.54, 1.807) is 12.2 Å². The Labute approximate surface area is 99.7 Å². The number of rotatable bonds is 10. The summed E-state index contributed by atoms with van der Waals surface area (Å²) >= 11 is 0. The van der Waals surface area contributed by atoms with Crippen molar-refractivity contribution in [1.82, 2.24) is 0 Å². The van der Waals surface area contributed by atoms with Gasteiger partial charge in [-0.3, -0.25) is 0 Å². The molecule has 2 atom stereocenters. The van der Waals surface area contributed by atoms with Crippen LogP contribution in [0.15, 0.2) is 12.2 Å². The van der Waals surface area contributed by atoms with E-state index < -0.39 is 6.10 Å². The van der Waals surface area contributed by atoms with Crippen molar-refractivity contribution in [3.63, 3.8) is 0 Å². The Hall–Kier alpha value is -0.630. The molecular formula is C14H26O2. The SMILES string of the molecule is C/C=C/[C@@H](O)[C@H](C=O)CCCCCCCC. The number of carbonyl (C=O) groups is 1. The van der Waals surface area contributed by atoms with Crippen molar-refractivity contribution >= 4 is 6.29 Å². The largest absolute Gasteiger partial charge is 0.388 e. The van der Waals surface area contributed by atoms with E-state index in [0.717, 1.165) is 19.1 Å². The van der Waals surface area contributed by atoms with Crippen LogP contribution in [0, 0.1) is 5.92 Å². The summed E-state index contributed by atoms with van der Waals surface area (Å²) in [5.74, 6) is -0.220. The summed E-state index contributed by atoms with van der Waals surface area (Å²) in [6, 6.07) is 0. The Kier molecular flexibility index (Phi) is 10.4. The molecular weight excluding hydrogens is 200 g/mol. The van der Waals surface area contributed by atoms with Crippen LogP contribution in [0.1, 0.15) is 58.8 Å². The molecule has 0 rings (SSSR count).